The minimum Gasteiger partial charge on any atom is -0.352 e. The quantitative estimate of drug-likeness (QED) is 0.361. The molecule has 2 aromatic carbocycles. The minimum atomic E-state index is -0.593. The summed E-state index contributed by atoms with van der Waals surface area (Å²) in [6.07, 6.45) is 0.489. The summed E-state index contributed by atoms with van der Waals surface area (Å²) in [7, 11) is 0. The monoisotopic (exact) mass is 534 g/mol. The molecule has 0 aliphatic carbocycles. The molecule has 1 atom stereocenters. The number of nitrogens with one attached hydrogen (secondary N) is 1. The summed E-state index contributed by atoms with van der Waals surface area (Å²) < 4.78 is 0. The van der Waals surface area contributed by atoms with Crippen molar-refractivity contribution in [1.29, 1.82) is 0 Å². The number of amides is 2. The Bertz CT molecular complexity index is 956. The summed E-state index contributed by atoms with van der Waals surface area (Å²) in [4.78, 5) is 27.7. The number of rotatable bonds is 10. The van der Waals surface area contributed by atoms with Crippen molar-refractivity contribution in [3.63, 3.8) is 0 Å². The van der Waals surface area contributed by atoms with Crippen LogP contribution in [-0.2, 0) is 21.9 Å². The van der Waals surface area contributed by atoms with E-state index in [0.29, 0.717) is 32.3 Å². The number of hydrogen-bond acceptors (Lipinski definition) is 3. The van der Waals surface area contributed by atoms with Gasteiger partial charge in [0.25, 0.3) is 0 Å². The molecule has 32 heavy (non-hydrogen) atoms. The number of thioether (sulfide) groups is 1. The van der Waals surface area contributed by atoms with Crippen LogP contribution >= 0.6 is 58.2 Å². The Kier molecular flexibility index (Phi) is 11.0. The van der Waals surface area contributed by atoms with Crippen molar-refractivity contribution >= 4 is 70.0 Å². The van der Waals surface area contributed by atoms with Crippen LogP contribution in [0.15, 0.2) is 36.4 Å². The first kappa shape index (κ1) is 27.1. The number of hydrogen-bond donors (Lipinski definition) is 1. The third-order valence-electron chi connectivity index (χ3n) is 4.63. The smallest absolute Gasteiger partial charge is 0.243 e. The van der Waals surface area contributed by atoms with Gasteiger partial charge in [0, 0.05) is 18.3 Å². The first-order valence-corrected chi connectivity index (χ1v) is 12.8. The molecule has 0 aliphatic heterocycles. The molecular weight excluding hydrogens is 510 g/mol. The second kappa shape index (κ2) is 13.0. The van der Waals surface area contributed by atoms with Crippen molar-refractivity contribution in [3.05, 3.63) is 67.6 Å². The number of benzene rings is 2. The van der Waals surface area contributed by atoms with Crippen LogP contribution in [0.3, 0.4) is 0 Å². The minimum absolute atomic E-state index is 0.0255. The Morgan fingerprint density at radius 3 is 2.03 bits per heavy atom. The Labute approximate surface area is 213 Å². The summed E-state index contributed by atoms with van der Waals surface area (Å²) in [5.74, 6) is 0.503. The summed E-state index contributed by atoms with van der Waals surface area (Å²) in [5, 5.41) is 4.73. The van der Waals surface area contributed by atoms with Gasteiger partial charge in [-0.3, -0.25) is 9.59 Å². The van der Waals surface area contributed by atoms with Crippen molar-refractivity contribution in [2.75, 3.05) is 5.75 Å². The van der Waals surface area contributed by atoms with Gasteiger partial charge in [-0.25, -0.2) is 0 Å². The lowest BCUT2D eigenvalue weighted by atomic mass is 10.1. The van der Waals surface area contributed by atoms with E-state index in [1.807, 2.05) is 32.9 Å². The molecule has 1 N–H and O–H groups in total. The highest BCUT2D eigenvalue weighted by Crippen LogP contribution is 2.26. The fourth-order valence-corrected chi connectivity index (χ4v) is 4.60. The molecule has 2 aromatic rings. The Morgan fingerprint density at radius 2 is 1.50 bits per heavy atom. The van der Waals surface area contributed by atoms with E-state index in [2.05, 4.69) is 5.32 Å². The molecule has 174 valence electrons. The molecule has 4 nitrogen and oxygen atoms in total. The summed E-state index contributed by atoms with van der Waals surface area (Å²) >= 11 is 25.7. The lowest BCUT2D eigenvalue weighted by molar-refractivity contribution is -0.139. The van der Waals surface area contributed by atoms with E-state index in [4.69, 9.17) is 46.4 Å². The highest BCUT2D eigenvalue weighted by molar-refractivity contribution is 7.99. The fourth-order valence-electron chi connectivity index (χ4n) is 3.10. The maximum absolute atomic E-state index is 13.2. The van der Waals surface area contributed by atoms with Gasteiger partial charge in [-0.15, -0.1) is 11.8 Å². The topological polar surface area (TPSA) is 49.4 Å². The van der Waals surface area contributed by atoms with Crippen LogP contribution < -0.4 is 5.32 Å². The van der Waals surface area contributed by atoms with E-state index in [-0.39, 0.29) is 30.2 Å². The number of carbonyl (C=O) groups excluding carboxylic acids is 2. The molecule has 2 amide bonds. The second-order valence-electron chi connectivity index (χ2n) is 7.60. The summed E-state index contributed by atoms with van der Waals surface area (Å²) in [5.41, 5.74) is 1.77. The molecule has 0 bridgehead atoms. The van der Waals surface area contributed by atoms with Gasteiger partial charge in [-0.05, 0) is 55.7 Å². The van der Waals surface area contributed by atoms with Crippen molar-refractivity contribution in [2.24, 2.45) is 0 Å². The van der Waals surface area contributed by atoms with E-state index >= 15 is 0 Å². The molecule has 2 rings (SSSR count). The van der Waals surface area contributed by atoms with Crippen LogP contribution in [0.4, 0.5) is 0 Å². The van der Waals surface area contributed by atoms with Crippen LogP contribution in [-0.4, -0.2) is 34.6 Å². The van der Waals surface area contributed by atoms with Crippen molar-refractivity contribution in [2.45, 2.75) is 51.6 Å². The first-order chi connectivity index (χ1) is 15.1. The standard InChI is InChI=1S/C23H26Cl4N2O2S/c1-4-21(23(31)28-14(2)3)29(11-15-5-7-17(24)19(26)9-15)22(30)13-32-12-16-6-8-18(25)20(27)10-16/h5-10,14,21H,4,11-13H2,1-3H3,(H,28,31)/t21-/m0/s1. The van der Waals surface area contributed by atoms with E-state index < -0.39 is 6.04 Å². The van der Waals surface area contributed by atoms with Gasteiger partial charge in [0.05, 0.1) is 25.8 Å². The van der Waals surface area contributed by atoms with Gasteiger partial charge in [0.15, 0.2) is 0 Å². The van der Waals surface area contributed by atoms with E-state index in [1.54, 1.807) is 29.2 Å². The van der Waals surface area contributed by atoms with Crippen molar-refractivity contribution < 1.29 is 9.59 Å². The second-order valence-corrected chi connectivity index (χ2v) is 10.2. The zero-order valence-corrected chi connectivity index (χ0v) is 22.0. The molecule has 0 heterocycles. The molecule has 0 unspecified atom stereocenters. The highest BCUT2D eigenvalue weighted by Gasteiger charge is 2.29. The predicted molar refractivity (Wildman–Crippen MR) is 137 cm³/mol. The molecule has 0 saturated carbocycles. The first-order valence-electron chi connectivity index (χ1n) is 10.2. The lowest BCUT2D eigenvalue weighted by Gasteiger charge is -2.31. The number of nitrogens with zero attached hydrogens (tertiary/aromatic N) is 1. The SMILES string of the molecule is CC[C@@H](C(=O)NC(C)C)N(Cc1ccc(Cl)c(Cl)c1)C(=O)CSCc1ccc(Cl)c(Cl)c1. The largest absolute Gasteiger partial charge is 0.352 e. The average molecular weight is 536 g/mol. The van der Waals surface area contributed by atoms with Crippen molar-refractivity contribution in [3.8, 4) is 0 Å². The van der Waals surface area contributed by atoms with Gasteiger partial charge < -0.3 is 10.2 Å². The van der Waals surface area contributed by atoms with Crippen LogP contribution in [0.1, 0.15) is 38.3 Å². The van der Waals surface area contributed by atoms with Crippen LogP contribution in [0.5, 0.6) is 0 Å². The summed E-state index contributed by atoms with van der Waals surface area (Å²) in [6.45, 7) is 5.93. The molecule has 9 heteroatoms. The normalized spacial score (nSPS) is 12.0. The molecule has 0 aliphatic rings. The Hall–Kier alpha value is -1.11. The van der Waals surface area contributed by atoms with Gasteiger partial charge >= 0.3 is 0 Å². The Morgan fingerprint density at radius 1 is 0.938 bits per heavy atom. The molecule has 0 aromatic heterocycles. The summed E-state index contributed by atoms with van der Waals surface area (Å²) in [6, 6.07) is 10.0. The van der Waals surface area contributed by atoms with E-state index in [9.17, 15) is 9.59 Å². The molecular formula is C23H26Cl4N2O2S. The third-order valence-corrected chi connectivity index (χ3v) is 7.10. The zero-order valence-electron chi connectivity index (χ0n) is 18.1. The van der Waals surface area contributed by atoms with Gasteiger partial charge in [-0.1, -0.05) is 65.5 Å². The van der Waals surface area contributed by atoms with E-state index in [0.717, 1.165) is 11.1 Å². The van der Waals surface area contributed by atoms with Crippen LogP contribution in [0.25, 0.3) is 0 Å². The maximum Gasteiger partial charge on any atom is 0.243 e. The van der Waals surface area contributed by atoms with E-state index in [1.165, 1.54) is 11.8 Å². The predicted octanol–water partition coefficient (Wildman–Crippen LogP) is 6.87. The molecule has 0 saturated heterocycles. The van der Waals surface area contributed by atoms with Crippen LogP contribution in [0.2, 0.25) is 20.1 Å². The number of carbonyl (C=O) groups is 2. The molecule has 0 fully saturated rings. The maximum atomic E-state index is 13.2. The van der Waals surface area contributed by atoms with Crippen LogP contribution in [0, 0.1) is 0 Å². The zero-order chi connectivity index (χ0) is 23.8. The van der Waals surface area contributed by atoms with Gasteiger partial charge in [-0.2, -0.15) is 0 Å². The fraction of sp³-hybridized carbons (Fsp3) is 0.391. The van der Waals surface area contributed by atoms with Gasteiger partial charge in [0.1, 0.15) is 6.04 Å². The molecule has 0 spiro atoms. The average Bonchev–Trinajstić information content (AvgIpc) is 2.72. The molecule has 0 radical (unpaired) electrons. The van der Waals surface area contributed by atoms with Gasteiger partial charge in [0.2, 0.25) is 11.8 Å². The lowest BCUT2D eigenvalue weighted by Crippen LogP contribution is -2.50. The Balaban J connectivity index is 2.16. The number of halogens is 4. The third kappa shape index (κ3) is 8.03. The highest BCUT2D eigenvalue weighted by atomic mass is 35.5. The van der Waals surface area contributed by atoms with Crippen molar-refractivity contribution in [1.82, 2.24) is 10.2 Å².